The Labute approximate surface area is 140 Å². The Morgan fingerprint density at radius 2 is 2.32 bits per heavy atom. The number of rotatable bonds is 7. The highest BCUT2D eigenvalue weighted by Crippen LogP contribution is 2.36. The van der Waals surface area contributed by atoms with Gasteiger partial charge in [0.25, 0.3) is 0 Å². The van der Waals surface area contributed by atoms with Crippen LogP contribution < -0.4 is 5.32 Å². The van der Waals surface area contributed by atoms with Gasteiger partial charge in [-0.05, 0) is 31.7 Å². The van der Waals surface area contributed by atoms with Gasteiger partial charge in [-0.2, -0.15) is 4.98 Å². The van der Waals surface area contributed by atoms with E-state index in [1.807, 2.05) is 13.8 Å². The van der Waals surface area contributed by atoms with E-state index in [-0.39, 0.29) is 5.25 Å². The molecule has 0 aliphatic carbocycles. The summed E-state index contributed by atoms with van der Waals surface area (Å²) in [6.07, 6.45) is 0.997. The molecule has 0 fully saturated rings. The standard InChI is InChI=1S/C13H15N5OS3/c1-8(11-15-9(2)18-19-11)21-13-17-16-12(22-13)14-6-5-10-4-3-7-20-10/h3-4,7-8H,5-6H2,1-2H3,(H,14,16). The maximum atomic E-state index is 5.17. The van der Waals surface area contributed by atoms with Crippen molar-refractivity contribution in [1.29, 1.82) is 0 Å². The third-order valence-electron chi connectivity index (χ3n) is 2.80. The molecule has 0 spiro atoms. The van der Waals surface area contributed by atoms with E-state index in [9.17, 15) is 0 Å². The number of nitrogens with one attached hydrogen (secondary N) is 1. The van der Waals surface area contributed by atoms with Crippen LogP contribution in [0.2, 0.25) is 0 Å². The van der Waals surface area contributed by atoms with Crippen LogP contribution in [0, 0.1) is 6.92 Å². The van der Waals surface area contributed by atoms with Crippen molar-refractivity contribution < 1.29 is 4.52 Å². The first-order chi connectivity index (χ1) is 10.7. The zero-order valence-corrected chi connectivity index (χ0v) is 14.6. The quantitative estimate of drug-likeness (QED) is 0.647. The highest BCUT2D eigenvalue weighted by Gasteiger charge is 2.17. The van der Waals surface area contributed by atoms with Gasteiger partial charge in [-0.3, -0.25) is 0 Å². The van der Waals surface area contributed by atoms with Crippen molar-refractivity contribution in [1.82, 2.24) is 20.3 Å². The van der Waals surface area contributed by atoms with E-state index in [0.29, 0.717) is 11.7 Å². The van der Waals surface area contributed by atoms with Crippen LogP contribution in [0.4, 0.5) is 5.13 Å². The summed E-state index contributed by atoms with van der Waals surface area (Å²) >= 11 is 4.89. The maximum absolute atomic E-state index is 5.17. The Balaban J connectivity index is 1.50. The van der Waals surface area contributed by atoms with Gasteiger partial charge in [-0.15, -0.1) is 21.5 Å². The summed E-state index contributed by atoms with van der Waals surface area (Å²) < 4.78 is 6.06. The number of thiophene rings is 1. The average Bonchev–Trinajstić information content (AvgIpc) is 3.21. The molecule has 9 heteroatoms. The van der Waals surface area contributed by atoms with E-state index in [0.717, 1.165) is 22.4 Å². The number of aryl methyl sites for hydroxylation is 1. The van der Waals surface area contributed by atoms with Crippen molar-refractivity contribution in [2.45, 2.75) is 29.9 Å². The van der Waals surface area contributed by atoms with Gasteiger partial charge in [0, 0.05) is 11.4 Å². The Morgan fingerprint density at radius 3 is 3.05 bits per heavy atom. The number of hydrogen-bond donors (Lipinski definition) is 1. The van der Waals surface area contributed by atoms with Gasteiger partial charge >= 0.3 is 0 Å². The van der Waals surface area contributed by atoms with Crippen LogP contribution >= 0.6 is 34.4 Å². The van der Waals surface area contributed by atoms with Crippen molar-refractivity contribution >= 4 is 39.6 Å². The average molecular weight is 353 g/mol. The molecular formula is C13H15N5OS3. The second kappa shape index (κ2) is 7.21. The summed E-state index contributed by atoms with van der Waals surface area (Å²) in [5, 5.41) is 18.5. The number of thioether (sulfide) groups is 1. The molecule has 1 unspecified atom stereocenters. The highest BCUT2D eigenvalue weighted by atomic mass is 32.2. The molecule has 1 N–H and O–H groups in total. The second-order valence-electron chi connectivity index (χ2n) is 4.57. The van der Waals surface area contributed by atoms with Crippen LogP contribution in [-0.4, -0.2) is 26.9 Å². The largest absolute Gasteiger partial charge is 0.360 e. The molecule has 0 saturated carbocycles. The molecule has 0 aliphatic rings. The lowest BCUT2D eigenvalue weighted by Gasteiger charge is -2.01. The molecule has 0 aliphatic heterocycles. The fourth-order valence-electron chi connectivity index (χ4n) is 1.76. The molecule has 0 radical (unpaired) electrons. The first kappa shape index (κ1) is 15.4. The summed E-state index contributed by atoms with van der Waals surface area (Å²) in [6, 6.07) is 4.21. The third kappa shape index (κ3) is 4.05. The van der Waals surface area contributed by atoms with Crippen molar-refractivity contribution in [3.63, 3.8) is 0 Å². The van der Waals surface area contributed by atoms with Crippen LogP contribution in [0.1, 0.15) is 28.8 Å². The first-order valence-electron chi connectivity index (χ1n) is 6.77. The normalized spacial score (nSPS) is 12.5. The van der Waals surface area contributed by atoms with Gasteiger partial charge in [0.05, 0.1) is 5.25 Å². The van der Waals surface area contributed by atoms with Crippen LogP contribution in [0.5, 0.6) is 0 Å². The van der Waals surface area contributed by atoms with E-state index in [1.54, 1.807) is 34.4 Å². The zero-order chi connectivity index (χ0) is 15.4. The van der Waals surface area contributed by atoms with E-state index in [1.165, 1.54) is 4.88 Å². The fourth-order valence-corrected chi connectivity index (χ4v) is 4.42. The minimum atomic E-state index is 0.0631. The summed E-state index contributed by atoms with van der Waals surface area (Å²) in [7, 11) is 0. The first-order valence-corrected chi connectivity index (χ1v) is 9.35. The molecule has 3 heterocycles. The molecule has 0 aromatic carbocycles. The van der Waals surface area contributed by atoms with Crippen LogP contribution in [-0.2, 0) is 6.42 Å². The minimum Gasteiger partial charge on any atom is -0.360 e. The van der Waals surface area contributed by atoms with E-state index in [4.69, 9.17) is 4.52 Å². The molecule has 0 saturated heterocycles. The summed E-state index contributed by atoms with van der Waals surface area (Å²) in [6.45, 7) is 4.69. The molecule has 22 heavy (non-hydrogen) atoms. The minimum absolute atomic E-state index is 0.0631. The number of anilines is 1. The molecule has 1 atom stereocenters. The molecule has 3 aromatic rings. The van der Waals surface area contributed by atoms with Gasteiger partial charge in [-0.25, -0.2) is 0 Å². The predicted molar refractivity (Wildman–Crippen MR) is 89.7 cm³/mol. The van der Waals surface area contributed by atoms with Crippen molar-refractivity contribution in [2.24, 2.45) is 0 Å². The summed E-state index contributed by atoms with van der Waals surface area (Å²) in [5.41, 5.74) is 0. The SMILES string of the molecule is Cc1noc(C(C)Sc2nnc(NCCc3cccs3)s2)n1. The summed E-state index contributed by atoms with van der Waals surface area (Å²) in [4.78, 5) is 5.60. The molecule has 116 valence electrons. The lowest BCUT2D eigenvalue weighted by Crippen LogP contribution is -2.03. The Bertz CT molecular complexity index is 709. The molecule has 0 bridgehead atoms. The van der Waals surface area contributed by atoms with E-state index < -0.39 is 0 Å². The van der Waals surface area contributed by atoms with Gasteiger partial charge in [0.1, 0.15) is 0 Å². The van der Waals surface area contributed by atoms with Crippen LogP contribution in [0.25, 0.3) is 0 Å². The Kier molecular flexibility index (Phi) is 5.06. The van der Waals surface area contributed by atoms with Crippen LogP contribution in [0.3, 0.4) is 0 Å². The third-order valence-corrected chi connectivity index (χ3v) is 5.79. The maximum Gasteiger partial charge on any atom is 0.239 e. The number of aromatic nitrogens is 4. The van der Waals surface area contributed by atoms with Gasteiger partial charge < -0.3 is 9.84 Å². The van der Waals surface area contributed by atoms with Crippen LogP contribution in [0.15, 0.2) is 26.4 Å². The lowest BCUT2D eigenvalue weighted by atomic mass is 10.3. The van der Waals surface area contributed by atoms with Crippen molar-refractivity contribution in [3.8, 4) is 0 Å². The second-order valence-corrected chi connectivity index (χ2v) is 8.17. The molecule has 0 amide bonds. The smallest absolute Gasteiger partial charge is 0.239 e. The number of hydrogen-bond acceptors (Lipinski definition) is 9. The van der Waals surface area contributed by atoms with Crippen molar-refractivity contribution in [2.75, 3.05) is 11.9 Å². The van der Waals surface area contributed by atoms with Gasteiger partial charge in [0.15, 0.2) is 10.2 Å². The van der Waals surface area contributed by atoms with Gasteiger partial charge in [0.2, 0.25) is 11.0 Å². The van der Waals surface area contributed by atoms with E-state index in [2.05, 4.69) is 43.2 Å². The van der Waals surface area contributed by atoms with E-state index >= 15 is 0 Å². The fraction of sp³-hybridized carbons (Fsp3) is 0.385. The number of nitrogens with zero attached hydrogens (tertiary/aromatic N) is 4. The van der Waals surface area contributed by atoms with Crippen molar-refractivity contribution in [3.05, 3.63) is 34.1 Å². The lowest BCUT2D eigenvalue weighted by molar-refractivity contribution is 0.376. The molecule has 6 nitrogen and oxygen atoms in total. The topological polar surface area (TPSA) is 76.7 Å². The highest BCUT2D eigenvalue weighted by molar-refractivity contribution is 8.01. The van der Waals surface area contributed by atoms with Gasteiger partial charge in [-0.1, -0.05) is 34.3 Å². The predicted octanol–water partition coefficient (Wildman–Crippen LogP) is 3.80. The monoisotopic (exact) mass is 353 g/mol. The summed E-state index contributed by atoms with van der Waals surface area (Å²) in [5.74, 6) is 1.26. The zero-order valence-electron chi connectivity index (χ0n) is 12.1. The Morgan fingerprint density at radius 1 is 1.41 bits per heavy atom. The molecule has 3 rings (SSSR count). The molecule has 3 aromatic heterocycles. The molecular weight excluding hydrogens is 338 g/mol. The Hall–Kier alpha value is -1.45.